The number of nitro groups is 1. The van der Waals surface area contributed by atoms with Crippen LogP contribution in [0.1, 0.15) is 10.4 Å². The summed E-state index contributed by atoms with van der Waals surface area (Å²) in [5, 5.41) is 15.2. The van der Waals surface area contributed by atoms with Gasteiger partial charge in [-0.1, -0.05) is 18.2 Å². The second-order valence-corrected chi connectivity index (χ2v) is 5.00. The summed E-state index contributed by atoms with van der Waals surface area (Å²) >= 11 is 0. The van der Waals surface area contributed by atoms with E-state index in [0.717, 1.165) is 0 Å². The Labute approximate surface area is 137 Å². The predicted octanol–water partition coefficient (Wildman–Crippen LogP) is 2.45. The van der Waals surface area contributed by atoms with Crippen LogP contribution in [0.3, 0.4) is 0 Å². The molecule has 0 saturated carbocycles. The first-order valence-electron chi connectivity index (χ1n) is 7.04. The summed E-state index contributed by atoms with van der Waals surface area (Å²) in [7, 11) is 1.62. The number of benzene rings is 2. The number of para-hydroxylation sites is 1. The van der Waals surface area contributed by atoms with Crippen LogP contribution in [-0.4, -0.2) is 32.6 Å². The molecule has 0 atom stereocenters. The third kappa shape index (κ3) is 2.84. The molecule has 120 valence electrons. The van der Waals surface area contributed by atoms with E-state index in [-0.39, 0.29) is 22.8 Å². The Morgan fingerprint density at radius 1 is 1.21 bits per heavy atom. The second kappa shape index (κ2) is 6.29. The zero-order valence-electron chi connectivity index (χ0n) is 12.7. The minimum absolute atomic E-state index is 0.215. The van der Waals surface area contributed by atoms with Gasteiger partial charge in [0, 0.05) is 24.4 Å². The van der Waals surface area contributed by atoms with Crippen LogP contribution in [0, 0.1) is 10.1 Å². The molecule has 24 heavy (non-hydrogen) atoms. The van der Waals surface area contributed by atoms with Crippen molar-refractivity contribution >= 4 is 17.3 Å². The van der Waals surface area contributed by atoms with Crippen molar-refractivity contribution in [3.63, 3.8) is 0 Å². The van der Waals surface area contributed by atoms with Gasteiger partial charge in [-0.2, -0.15) is 5.10 Å². The normalized spacial score (nSPS) is 10.4. The molecule has 3 rings (SSSR count). The topological polar surface area (TPSA) is 94.2 Å². The SMILES string of the molecule is CN(C(=O)c1ccc(-n2cncn2)c([N+](=O)[O-])c1)c1ccccc1. The Morgan fingerprint density at radius 2 is 1.96 bits per heavy atom. The highest BCUT2D eigenvalue weighted by Crippen LogP contribution is 2.25. The van der Waals surface area contributed by atoms with Crippen molar-refractivity contribution in [2.75, 3.05) is 11.9 Å². The lowest BCUT2D eigenvalue weighted by Gasteiger charge is -2.17. The van der Waals surface area contributed by atoms with Gasteiger partial charge >= 0.3 is 0 Å². The summed E-state index contributed by atoms with van der Waals surface area (Å²) in [5.74, 6) is -0.338. The van der Waals surface area contributed by atoms with Crippen LogP contribution in [0.15, 0.2) is 61.2 Å². The zero-order valence-corrected chi connectivity index (χ0v) is 12.7. The van der Waals surface area contributed by atoms with Gasteiger partial charge in [0.25, 0.3) is 11.6 Å². The number of rotatable bonds is 4. The monoisotopic (exact) mass is 323 g/mol. The Balaban J connectivity index is 1.99. The summed E-state index contributed by atoms with van der Waals surface area (Å²) in [6, 6.07) is 13.3. The molecule has 1 aromatic heterocycles. The van der Waals surface area contributed by atoms with Crippen molar-refractivity contribution in [1.29, 1.82) is 0 Å². The van der Waals surface area contributed by atoms with Crippen LogP contribution < -0.4 is 4.90 Å². The summed E-state index contributed by atoms with van der Waals surface area (Å²) in [6.07, 6.45) is 2.64. The molecule has 0 aliphatic rings. The Kier molecular flexibility index (Phi) is 4.02. The van der Waals surface area contributed by atoms with E-state index in [9.17, 15) is 14.9 Å². The number of anilines is 1. The highest BCUT2D eigenvalue weighted by molar-refractivity contribution is 6.06. The molecule has 0 unspecified atom stereocenters. The van der Waals surface area contributed by atoms with E-state index < -0.39 is 4.92 Å². The van der Waals surface area contributed by atoms with Crippen molar-refractivity contribution in [3.8, 4) is 5.69 Å². The molecule has 1 heterocycles. The van der Waals surface area contributed by atoms with Crippen molar-refractivity contribution in [2.45, 2.75) is 0 Å². The third-order valence-electron chi connectivity index (χ3n) is 3.53. The Bertz CT molecular complexity index is 878. The fourth-order valence-corrected chi connectivity index (χ4v) is 2.29. The number of hydrogen-bond donors (Lipinski definition) is 0. The fraction of sp³-hybridized carbons (Fsp3) is 0.0625. The summed E-state index contributed by atoms with van der Waals surface area (Å²) in [5.41, 5.74) is 0.951. The van der Waals surface area contributed by atoms with Gasteiger partial charge in [-0.25, -0.2) is 9.67 Å². The maximum Gasteiger partial charge on any atom is 0.295 e. The number of carbonyl (C=O) groups is 1. The standard InChI is InChI=1S/C16H13N5O3/c1-19(13-5-3-2-4-6-13)16(22)12-7-8-14(15(9-12)21(23)24)20-11-17-10-18-20/h2-11H,1H3. The van der Waals surface area contributed by atoms with E-state index in [4.69, 9.17) is 0 Å². The summed E-state index contributed by atoms with van der Waals surface area (Å²) in [4.78, 5) is 28.6. The van der Waals surface area contributed by atoms with E-state index in [0.29, 0.717) is 5.69 Å². The van der Waals surface area contributed by atoms with Gasteiger partial charge in [0.15, 0.2) is 0 Å². The lowest BCUT2D eigenvalue weighted by atomic mass is 10.1. The predicted molar refractivity (Wildman–Crippen MR) is 87.2 cm³/mol. The van der Waals surface area contributed by atoms with Gasteiger partial charge in [-0.15, -0.1) is 0 Å². The molecule has 0 radical (unpaired) electrons. The lowest BCUT2D eigenvalue weighted by molar-refractivity contribution is -0.384. The van der Waals surface area contributed by atoms with E-state index in [2.05, 4.69) is 10.1 Å². The minimum atomic E-state index is -0.545. The molecule has 0 aliphatic carbocycles. The van der Waals surface area contributed by atoms with Gasteiger partial charge in [0.05, 0.1) is 4.92 Å². The fourth-order valence-electron chi connectivity index (χ4n) is 2.29. The van der Waals surface area contributed by atoms with Crippen molar-refractivity contribution < 1.29 is 9.72 Å². The summed E-state index contributed by atoms with van der Waals surface area (Å²) < 4.78 is 1.29. The molecule has 1 amide bonds. The largest absolute Gasteiger partial charge is 0.311 e. The van der Waals surface area contributed by atoms with Gasteiger partial charge in [0.2, 0.25) is 0 Å². The Hall–Kier alpha value is -3.55. The molecular weight excluding hydrogens is 310 g/mol. The van der Waals surface area contributed by atoms with Crippen molar-refractivity contribution in [3.05, 3.63) is 76.9 Å². The molecule has 8 heteroatoms. The first-order chi connectivity index (χ1) is 11.6. The minimum Gasteiger partial charge on any atom is -0.311 e. The third-order valence-corrected chi connectivity index (χ3v) is 3.53. The highest BCUT2D eigenvalue weighted by atomic mass is 16.6. The molecule has 0 spiro atoms. The molecule has 2 aromatic carbocycles. The zero-order chi connectivity index (χ0) is 17.1. The number of hydrogen-bond acceptors (Lipinski definition) is 5. The van der Waals surface area contributed by atoms with E-state index >= 15 is 0 Å². The molecule has 0 N–H and O–H groups in total. The maximum absolute atomic E-state index is 12.6. The smallest absolute Gasteiger partial charge is 0.295 e. The van der Waals surface area contributed by atoms with Crippen LogP contribution in [0.5, 0.6) is 0 Å². The average Bonchev–Trinajstić information content (AvgIpc) is 3.15. The molecular formula is C16H13N5O3. The van der Waals surface area contributed by atoms with Crippen LogP contribution >= 0.6 is 0 Å². The molecule has 0 saturated heterocycles. The van der Waals surface area contributed by atoms with Gasteiger partial charge < -0.3 is 4.90 Å². The molecule has 3 aromatic rings. The lowest BCUT2D eigenvalue weighted by Crippen LogP contribution is -2.26. The van der Waals surface area contributed by atoms with Crippen LogP contribution in [0.4, 0.5) is 11.4 Å². The van der Waals surface area contributed by atoms with Crippen LogP contribution in [0.25, 0.3) is 5.69 Å². The molecule has 0 fully saturated rings. The van der Waals surface area contributed by atoms with Gasteiger partial charge in [-0.3, -0.25) is 14.9 Å². The quantitative estimate of drug-likeness (QED) is 0.543. The molecule has 0 aliphatic heterocycles. The van der Waals surface area contributed by atoms with Crippen molar-refractivity contribution in [1.82, 2.24) is 14.8 Å². The number of aromatic nitrogens is 3. The average molecular weight is 323 g/mol. The number of carbonyl (C=O) groups excluding carboxylic acids is 1. The van der Waals surface area contributed by atoms with Crippen molar-refractivity contribution in [2.24, 2.45) is 0 Å². The number of nitrogens with zero attached hydrogens (tertiary/aromatic N) is 5. The number of amides is 1. The number of nitro benzene ring substituents is 1. The van der Waals surface area contributed by atoms with Gasteiger partial charge in [0.1, 0.15) is 18.3 Å². The van der Waals surface area contributed by atoms with Crippen LogP contribution in [-0.2, 0) is 0 Å². The summed E-state index contributed by atoms with van der Waals surface area (Å²) in [6.45, 7) is 0. The first-order valence-corrected chi connectivity index (χ1v) is 7.04. The maximum atomic E-state index is 12.6. The van der Waals surface area contributed by atoms with Crippen LogP contribution in [0.2, 0.25) is 0 Å². The molecule has 0 bridgehead atoms. The van der Waals surface area contributed by atoms with Gasteiger partial charge in [-0.05, 0) is 24.3 Å². The highest BCUT2D eigenvalue weighted by Gasteiger charge is 2.21. The molecule has 8 nitrogen and oxygen atoms in total. The van der Waals surface area contributed by atoms with E-state index in [1.165, 1.54) is 40.4 Å². The second-order valence-electron chi connectivity index (χ2n) is 5.00. The first kappa shape index (κ1) is 15.3. The van der Waals surface area contributed by atoms with E-state index in [1.54, 1.807) is 19.2 Å². The Morgan fingerprint density at radius 3 is 2.58 bits per heavy atom. The van der Waals surface area contributed by atoms with E-state index in [1.807, 2.05) is 18.2 Å².